The maximum Gasteiger partial charge on any atom is 0.240 e. The lowest BCUT2D eigenvalue weighted by molar-refractivity contribution is -0.255. The highest BCUT2D eigenvalue weighted by Crippen LogP contribution is 2.26. The quantitative estimate of drug-likeness (QED) is 0.757. The van der Waals surface area contributed by atoms with Crippen molar-refractivity contribution in [3.8, 4) is 5.75 Å². The van der Waals surface area contributed by atoms with Gasteiger partial charge in [-0.3, -0.25) is 9.59 Å². The van der Waals surface area contributed by atoms with Gasteiger partial charge >= 0.3 is 0 Å². The second kappa shape index (κ2) is 8.57. The highest BCUT2D eigenvalue weighted by molar-refractivity contribution is 8.15. The van der Waals surface area contributed by atoms with Crippen molar-refractivity contribution < 1.29 is 24.2 Å². The molecule has 9 heteroatoms. The first-order chi connectivity index (χ1) is 13.4. The number of thioether (sulfide) groups is 1. The number of benzene rings is 2. The number of carbonyl (C=O) groups is 3. The number of nitrogens with one attached hydrogen (secondary N) is 2. The first-order valence-electron chi connectivity index (χ1n) is 8.26. The third-order valence-electron chi connectivity index (χ3n) is 3.83. The van der Waals surface area contributed by atoms with Crippen molar-refractivity contribution in [2.45, 2.75) is 11.7 Å². The highest BCUT2D eigenvalue weighted by Gasteiger charge is 2.32. The molecule has 2 aromatic rings. The fourth-order valence-corrected chi connectivity index (χ4v) is 3.45. The van der Waals surface area contributed by atoms with Crippen molar-refractivity contribution in [1.82, 2.24) is 5.32 Å². The molecule has 1 aliphatic heterocycles. The molecule has 1 saturated heterocycles. The largest absolute Gasteiger partial charge is 0.545 e. The van der Waals surface area contributed by atoms with Crippen molar-refractivity contribution in [1.29, 1.82) is 0 Å². The van der Waals surface area contributed by atoms with Gasteiger partial charge in [-0.15, -0.1) is 0 Å². The summed E-state index contributed by atoms with van der Waals surface area (Å²) in [6.45, 7) is 0. The molecule has 144 valence electrons. The molecule has 0 aliphatic carbocycles. The van der Waals surface area contributed by atoms with E-state index in [-0.39, 0.29) is 23.8 Å². The number of hydrogen-bond donors (Lipinski definition) is 2. The molecule has 2 aromatic carbocycles. The summed E-state index contributed by atoms with van der Waals surface area (Å²) < 4.78 is 5.11. The molecule has 1 heterocycles. The molecule has 0 saturated carbocycles. The van der Waals surface area contributed by atoms with Crippen LogP contribution in [0.3, 0.4) is 0 Å². The highest BCUT2D eigenvalue weighted by atomic mass is 32.2. The SMILES string of the molecule is COc1cccc(NC(=O)C[C@H]2SC(=Nc3ccc(C(=O)[O-])cc3)NC2=O)c1. The number of carboxylic acids is 1. The number of aromatic carboxylic acids is 1. The molecule has 0 aromatic heterocycles. The number of carboxylic acid groups (broad SMARTS) is 1. The van der Waals surface area contributed by atoms with Gasteiger partial charge in [-0.05, 0) is 29.8 Å². The fourth-order valence-electron chi connectivity index (χ4n) is 2.46. The van der Waals surface area contributed by atoms with Crippen LogP contribution in [0.2, 0.25) is 0 Å². The Balaban J connectivity index is 1.60. The van der Waals surface area contributed by atoms with Gasteiger partial charge in [0.15, 0.2) is 5.17 Å². The van der Waals surface area contributed by atoms with Gasteiger partial charge in [0.1, 0.15) is 11.0 Å². The number of anilines is 1. The number of methoxy groups -OCH3 is 1. The Labute approximate surface area is 165 Å². The zero-order valence-electron chi connectivity index (χ0n) is 14.8. The van der Waals surface area contributed by atoms with Gasteiger partial charge in [-0.25, -0.2) is 4.99 Å². The molecule has 2 amide bonds. The van der Waals surface area contributed by atoms with Crippen LogP contribution in [0.5, 0.6) is 5.75 Å². The van der Waals surface area contributed by atoms with E-state index in [4.69, 9.17) is 4.74 Å². The van der Waals surface area contributed by atoms with Crippen LogP contribution in [-0.4, -0.2) is 35.3 Å². The van der Waals surface area contributed by atoms with Crippen LogP contribution in [0.15, 0.2) is 53.5 Å². The number of amides is 2. The van der Waals surface area contributed by atoms with Crippen molar-refractivity contribution in [3.63, 3.8) is 0 Å². The van der Waals surface area contributed by atoms with E-state index in [2.05, 4.69) is 15.6 Å². The minimum absolute atomic E-state index is 0.0175. The number of rotatable bonds is 6. The van der Waals surface area contributed by atoms with Gasteiger partial charge in [-0.2, -0.15) is 0 Å². The number of carbonyl (C=O) groups excluding carboxylic acids is 3. The monoisotopic (exact) mass is 398 g/mol. The molecule has 3 rings (SSSR count). The Bertz CT molecular complexity index is 943. The normalized spacial score (nSPS) is 17.2. The minimum atomic E-state index is -1.27. The van der Waals surface area contributed by atoms with Gasteiger partial charge in [0.05, 0.1) is 18.8 Å². The van der Waals surface area contributed by atoms with E-state index in [0.717, 1.165) is 11.8 Å². The smallest absolute Gasteiger partial charge is 0.240 e. The number of amidine groups is 1. The van der Waals surface area contributed by atoms with E-state index in [0.29, 0.717) is 22.3 Å². The second-order valence-electron chi connectivity index (χ2n) is 5.83. The zero-order valence-corrected chi connectivity index (χ0v) is 15.6. The van der Waals surface area contributed by atoms with Gasteiger partial charge in [0, 0.05) is 18.2 Å². The number of hydrogen-bond acceptors (Lipinski definition) is 7. The zero-order chi connectivity index (χ0) is 20.1. The van der Waals surface area contributed by atoms with Gasteiger partial charge in [0.2, 0.25) is 11.8 Å². The Morgan fingerprint density at radius 1 is 1.25 bits per heavy atom. The molecule has 28 heavy (non-hydrogen) atoms. The average Bonchev–Trinajstić information content (AvgIpc) is 3.01. The summed E-state index contributed by atoms with van der Waals surface area (Å²) in [6, 6.07) is 12.7. The second-order valence-corrected chi connectivity index (χ2v) is 7.02. The predicted molar refractivity (Wildman–Crippen MR) is 104 cm³/mol. The Kier molecular flexibility index (Phi) is 5.95. The summed E-state index contributed by atoms with van der Waals surface area (Å²) in [6.07, 6.45) is -0.0175. The predicted octanol–water partition coefficient (Wildman–Crippen LogP) is 1.31. The molecule has 1 atom stereocenters. The van der Waals surface area contributed by atoms with E-state index >= 15 is 0 Å². The van der Waals surface area contributed by atoms with Crippen LogP contribution in [0.1, 0.15) is 16.8 Å². The summed E-state index contributed by atoms with van der Waals surface area (Å²) in [5.74, 6) is -1.27. The number of ether oxygens (including phenoxy) is 1. The minimum Gasteiger partial charge on any atom is -0.545 e. The maximum atomic E-state index is 12.2. The first-order valence-corrected chi connectivity index (χ1v) is 9.14. The van der Waals surface area contributed by atoms with Crippen LogP contribution in [-0.2, 0) is 9.59 Å². The summed E-state index contributed by atoms with van der Waals surface area (Å²) in [7, 11) is 1.54. The van der Waals surface area contributed by atoms with Gasteiger partial charge < -0.3 is 25.3 Å². The molecule has 0 unspecified atom stereocenters. The van der Waals surface area contributed by atoms with E-state index < -0.39 is 11.2 Å². The maximum absolute atomic E-state index is 12.2. The van der Waals surface area contributed by atoms with Crippen molar-refractivity contribution in [3.05, 3.63) is 54.1 Å². The molecule has 1 fully saturated rings. The Morgan fingerprint density at radius 3 is 2.68 bits per heavy atom. The lowest BCUT2D eigenvalue weighted by Crippen LogP contribution is -2.28. The summed E-state index contributed by atoms with van der Waals surface area (Å²) in [5.41, 5.74) is 1.10. The van der Waals surface area contributed by atoms with Crippen molar-refractivity contribution in [2.24, 2.45) is 4.99 Å². The van der Waals surface area contributed by atoms with Crippen LogP contribution in [0.25, 0.3) is 0 Å². The van der Waals surface area contributed by atoms with Crippen LogP contribution in [0, 0.1) is 0 Å². The summed E-state index contributed by atoms with van der Waals surface area (Å²) in [4.78, 5) is 39.4. The van der Waals surface area contributed by atoms with E-state index in [1.807, 2.05) is 0 Å². The molecule has 8 nitrogen and oxygen atoms in total. The standard InChI is InChI=1S/C19H17N3O5S/c1-27-14-4-2-3-13(9-14)20-16(23)10-15-17(24)22-19(28-15)21-12-7-5-11(6-8-12)18(25)26/h2-9,15H,10H2,1H3,(H,20,23)(H,25,26)(H,21,22,24)/p-1/t15-/m1/s1. The lowest BCUT2D eigenvalue weighted by atomic mass is 10.2. The third-order valence-corrected chi connectivity index (χ3v) is 4.92. The fraction of sp³-hybridized carbons (Fsp3) is 0.158. The van der Waals surface area contributed by atoms with E-state index in [9.17, 15) is 19.5 Å². The topological polar surface area (TPSA) is 120 Å². The molecule has 0 radical (unpaired) electrons. The molecule has 0 spiro atoms. The van der Waals surface area contributed by atoms with Gasteiger partial charge in [-0.1, -0.05) is 30.0 Å². The molecular formula is C19H16N3O5S-. The third kappa shape index (κ3) is 4.89. The molecular weight excluding hydrogens is 382 g/mol. The van der Waals surface area contributed by atoms with Crippen molar-refractivity contribution in [2.75, 3.05) is 12.4 Å². The first kappa shape index (κ1) is 19.4. The van der Waals surface area contributed by atoms with Crippen LogP contribution in [0.4, 0.5) is 11.4 Å². The number of aliphatic imine (C=N–C) groups is 1. The molecule has 2 N–H and O–H groups in total. The summed E-state index contributed by atoms with van der Waals surface area (Å²) >= 11 is 1.15. The van der Waals surface area contributed by atoms with Crippen LogP contribution >= 0.6 is 11.8 Å². The summed E-state index contributed by atoms with van der Waals surface area (Å²) in [5, 5.41) is 15.9. The Hall–Kier alpha value is -3.33. The lowest BCUT2D eigenvalue weighted by Gasteiger charge is -2.08. The van der Waals surface area contributed by atoms with E-state index in [1.165, 1.54) is 31.4 Å². The van der Waals surface area contributed by atoms with Crippen LogP contribution < -0.4 is 20.5 Å². The van der Waals surface area contributed by atoms with Crippen molar-refractivity contribution >= 4 is 46.1 Å². The van der Waals surface area contributed by atoms with Gasteiger partial charge in [0.25, 0.3) is 0 Å². The molecule has 0 bridgehead atoms. The average molecular weight is 398 g/mol. The van der Waals surface area contributed by atoms with E-state index in [1.54, 1.807) is 24.3 Å². The number of nitrogens with zero attached hydrogens (tertiary/aromatic N) is 1. The Morgan fingerprint density at radius 2 is 2.00 bits per heavy atom. The molecule has 1 aliphatic rings.